The van der Waals surface area contributed by atoms with Crippen LogP contribution in [0.5, 0.6) is 0 Å². The summed E-state index contributed by atoms with van der Waals surface area (Å²) in [5.74, 6) is -2.45. The fourth-order valence-corrected chi connectivity index (χ4v) is 3.37. The Kier molecular flexibility index (Phi) is 2.97. The van der Waals surface area contributed by atoms with Crippen molar-refractivity contribution in [3.63, 3.8) is 0 Å². The molecule has 0 unspecified atom stereocenters. The number of pyridine rings is 1. The predicted molar refractivity (Wildman–Crippen MR) is 66.9 cm³/mol. The number of H-pyrrole nitrogens is 1. The van der Waals surface area contributed by atoms with Gasteiger partial charge in [-0.2, -0.15) is 5.10 Å². The second-order valence-electron chi connectivity index (χ2n) is 4.65. The monoisotopic (exact) mass is 269 g/mol. The van der Waals surface area contributed by atoms with Crippen molar-refractivity contribution in [2.24, 2.45) is 0 Å². The lowest BCUT2D eigenvalue weighted by Crippen LogP contribution is -2.25. The van der Waals surface area contributed by atoms with Crippen molar-refractivity contribution < 1.29 is 8.78 Å². The first kappa shape index (κ1) is 11.9. The molecule has 96 valence electrons. The molecule has 2 aromatic rings. The van der Waals surface area contributed by atoms with Crippen molar-refractivity contribution >= 4 is 22.8 Å². The number of halogens is 2. The number of nitrogens with one attached hydrogen (secondary N) is 1. The summed E-state index contributed by atoms with van der Waals surface area (Å²) >= 11 is 1.65. The van der Waals surface area contributed by atoms with E-state index in [1.807, 2.05) is 6.07 Å². The number of thioether (sulfide) groups is 1. The predicted octanol–water partition coefficient (Wildman–Crippen LogP) is 3.63. The Hall–Kier alpha value is -1.17. The molecule has 0 bridgehead atoms. The highest BCUT2D eigenvalue weighted by Crippen LogP contribution is 2.40. The molecule has 0 spiro atoms. The van der Waals surface area contributed by atoms with Crippen LogP contribution in [0.2, 0.25) is 0 Å². The Morgan fingerprint density at radius 2 is 2.06 bits per heavy atom. The minimum Gasteiger partial charge on any atom is -0.261 e. The molecule has 1 N–H and O–H groups in total. The number of fused-ring (bicyclic) bond motifs is 1. The molecule has 18 heavy (non-hydrogen) atoms. The van der Waals surface area contributed by atoms with Gasteiger partial charge in [-0.25, -0.2) is 13.8 Å². The molecule has 1 saturated carbocycles. The number of rotatable bonds is 2. The summed E-state index contributed by atoms with van der Waals surface area (Å²) in [5, 5.41) is 7.94. The van der Waals surface area contributed by atoms with Crippen LogP contribution in [-0.2, 0) is 0 Å². The van der Waals surface area contributed by atoms with Gasteiger partial charge in [-0.05, 0) is 18.9 Å². The zero-order valence-electron chi connectivity index (χ0n) is 9.70. The molecule has 0 saturated heterocycles. The lowest BCUT2D eigenvalue weighted by Gasteiger charge is -2.27. The smallest absolute Gasteiger partial charge is 0.248 e. The van der Waals surface area contributed by atoms with E-state index in [0.29, 0.717) is 12.8 Å². The van der Waals surface area contributed by atoms with Gasteiger partial charge in [0, 0.05) is 34.6 Å². The van der Waals surface area contributed by atoms with Crippen LogP contribution in [0.15, 0.2) is 23.4 Å². The molecule has 0 amide bonds. The second kappa shape index (κ2) is 4.50. The van der Waals surface area contributed by atoms with Crippen LogP contribution in [0.1, 0.15) is 25.7 Å². The molecule has 1 aliphatic rings. The zero-order chi connectivity index (χ0) is 12.6. The van der Waals surface area contributed by atoms with Crippen LogP contribution in [0.3, 0.4) is 0 Å². The fraction of sp³-hybridized carbons (Fsp3) is 0.500. The summed E-state index contributed by atoms with van der Waals surface area (Å²) in [7, 11) is 0. The molecule has 2 heterocycles. The number of aromatic amines is 1. The van der Waals surface area contributed by atoms with E-state index in [-0.39, 0.29) is 18.1 Å². The molecule has 1 fully saturated rings. The fourth-order valence-electron chi connectivity index (χ4n) is 2.20. The molecular weight excluding hydrogens is 256 g/mol. The van der Waals surface area contributed by atoms with E-state index >= 15 is 0 Å². The number of nitrogens with zero attached hydrogens (tertiary/aromatic N) is 2. The van der Waals surface area contributed by atoms with Gasteiger partial charge in [0.05, 0.1) is 6.20 Å². The quantitative estimate of drug-likeness (QED) is 0.905. The second-order valence-corrected chi connectivity index (χ2v) is 6.03. The molecule has 6 heteroatoms. The third-order valence-corrected chi connectivity index (χ3v) is 4.53. The first-order valence-electron chi connectivity index (χ1n) is 5.96. The van der Waals surface area contributed by atoms with E-state index in [4.69, 9.17) is 0 Å². The summed E-state index contributed by atoms with van der Waals surface area (Å²) in [5.41, 5.74) is 0.759. The van der Waals surface area contributed by atoms with Crippen molar-refractivity contribution in [1.82, 2.24) is 15.2 Å². The Bertz CT molecular complexity index is 545. The summed E-state index contributed by atoms with van der Waals surface area (Å²) < 4.78 is 26.1. The normalized spacial score (nSPS) is 20.3. The maximum atomic E-state index is 13.0. The minimum atomic E-state index is -2.45. The summed E-state index contributed by atoms with van der Waals surface area (Å²) in [4.78, 5) is 5.28. The van der Waals surface area contributed by atoms with Gasteiger partial charge in [-0.1, -0.05) is 0 Å². The van der Waals surface area contributed by atoms with Gasteiger partial charge in [0.2, 0.25) is 5.92 Å². The molecule has 0 aliphatic heterocycles. The molecule has 0 aromatic carbocycles. The van der Waals surface area contributed by atoms with Gasteiger partial charge in [0.15, 0.2) is 5.65 Å². The highest BCUT2D eigenvalue weighted by Gasteiger charge is 2.35. The minimum absolute atomic E-state index is 0.00600. The summed E-state index contributed by atoms with van der Waals surface area (Å²) in [6.07, 6.45) is 4.65. The number of aromatic nitrogens is 3. The molecule has 2 aromatic heterocycles. The first-order chi connectivity index (χ1) is 8.62. The Morgan fingerprint density at radius 1 is 1.28 bits per heavy atom. The van der Waals surface area contributed by atoms with E-state index in [9.17, 15) is 8.78 Å². The lowest BCUT2D eigenvalue weighted by atomic mass is 9.96. The standard InChI is InChI=1S/C12H13F2N3S/c13-12(14)3-1-9(2-4-12)18-10-5-8-6-16-17-11(8)15-7-10/h5-7,9H,1-4H2,(H,15,16,17). The van der Waals surface area contributed by atoms with Crippen molar-refractivity contribution in [3.05, 3.63) is 18.5 Å². The summed E-state index contributed by atoms with van der Waals surface area (Å²) in [6, 6.07) is 2.00. The van der Waals surface area contributed by atoms with E-state index < -0.39 is 5.92 Å². The van der Waals surface area contributed by atoms with Gasteiger partial charge in [-0.15, -0.1) is 11.8 Å². The average Bonchev–Trinajstić information content (AvgIpc) is 2.79. The van der Waals surface area contributed by atoms with E-state index in [0.717, 1.165) is 15.9 Å². The Labute approximate surface area is 107 Å². The SMILES string of the molecule is FC1(F)CCC(Sc2cnc3[nH]ncc3c2)CC1. The third kappa shape index (κ3) is 2.48. The molecule has 1 aliphatic carbocycles. The molecule has 0 atom stereocenters. The van der Waals surface area contributed by atoms with E-state index in [1.54, 1.807) is 24.2 Å². The van der Waals surface area contributed by atoms with Crippen LogP contribution in [0.25, 0.3) is 11.0 Å². The molecule has 3 nitrogen and oxygen atoms in total. The maximum absolute atomic E-state index is 13.0. The number of hydrogen-bond donors (Lipinski definition) is 1. The maximum Gasteiger partial charge on any atom is 0.248 e. The van der Waals surface area contributed by atoms with Crippen LogP contribution in [0, 0.1) is 0 Å². The Morgan fingerprint density at radius 3 is 2.83 bits per heavy atom. The van der Waals surface area contributed by atoms with Gasteiger partial charge >= 0.3 is 0 Å². The van der Waals surface area contributed by atoms with Crippen LogP contribution in [0.4, 0.5) is 8.78 Å². The van der Waals surface area contributed by atoms with E-state index in [1.165, 1.54) is 0 Å². The first-order valence-corrected chi connectivity index (χ1v) is 6.84. The molecular formula is C12H13F2N3S. The average molecular weight is 269 g/mol. The number of alkyl halides is 2. The van der Waals surface area contributed by atoms with Crippen molar-refractivity contribution in [2.45, 2.75) is 41.8 Å². The third-order valence-electron chi connectivity index (χ3n) is 3.23. The van der Waals surface area contributed by atoms with Crippen molar-refractivity contribution in [1.29, 1.82) is 0 Å². The van der Waals surface area contributed by atoms with Gasteiger partial charge < -0.3 is 0 Å². The van der Waals surface area contributed by atoms with Gasteiger partial charge in [-0.3, -0.25) is 5.10 Å². The van der Waals surface area contributed by atoms with Gasteiger partial charge in [0.1, 0.15) is 0 Å². The number of hydrogen-bond acceptors (Lipinski definition) is 3. The van der Waals surface area contributed by atoms with Crippen LogP contribution >= 0.6 is 11.8 Å². The van der Waals surface area contributed by atoms with Crippen LogP contribution in [-0.4, -0.2) is 26.4 Å². The zero-order valence-corrected chi connectivity index (χ0v) is 10.5. The van der Waals surface area contributed by atoms with Crippen molar-refractivity contribution in [2.75, 3.05) is 0 Å². The molecule has 3 rings (SSSR count). The largest absolute Gasteiger partial charge is 0.261 e. The summed E-state index contributed by atoms with van der Waals surface area (Å²) in [6.45, 7) is 0. The lowest BCUT2D eigenvalue weighted by molar-refractivity contribution is -0.0323. The van der Waals surface area contributed by atoms with Crippen LogP contribution < -0.4 is 0 Å². The Balaban J connectivity index is 1.69. The van der Waals surface area contributed by atoms with E-state index in [2.05, 4.69) is 15.2 Å². The topological polar surface area (TPSA) is 41.6 Å². The highest BCUT2D eigenvalue weighted by molar-refractivity contribution is 8.00. The van der Waals surface area contributed by atoms with Gasteiger partial charge in [0.25, 0.3) is 0 Å². The van der Waals surface area contributed by atoms with Crippen molar-refractivity contribution in [3.8, 4) is 0 Å². The molecule has 0 radical (unpaired) electrons. The highest BCUT2D eigenvalue weighted by atomic mass is 32.2.